The van der Waals surface area contributed by atoms with Gasteiger partial charge in [-0.3, -0.25) is 4.79 Å². The number of thiophene rings is 1. The Bertz CT molecular complexity index is 490. The molecule has 1 heterocycles. The van der Waals surface area contributed by atoms with Crippen LogP contribution in [0.1, 0.15) is 41.1 Å². The Labute approximate surface area is 110 Å². The first-order valence-electron chi connectivity index (χ1n) is 6.00. The molecule has 4 nitrogen and oxygen atoms in total. The van der Waals surface area contributed by atoms with E-state index in [-0.39, 0.29) is 11.9 Å². The Morgan fingerprint density at radius 2 is 2.06 bits per heavy atom. The monoisotopic (exact) mass is 267 g/mol. The van der Waals surface area contributed by atoms with Gasteiger partial charge in [0.2, 0.25) is 5.91 Å². The zero-order chi connectivity index (χ0) is 13.4. The highest BCUT2D eigenvalue weighted by atomic mass is 32.1. The topological polar surface area (TPSA) is 57.6 Å². The van der Waals surface area contributed by atoms with Crippen molar-refractivity contribution in [1.29, 1.82) is 0 Å². The van der Waals surface area contributed by atoms with Gasteiger partial charge in [-0.2, -0.15) is 0 Å². The molecule has 1 N–H and O–H groups in total. The van der Waals surface area contributed by atoms with Crippen molar-refractivity contribution >= 4 is 23.2 Å². The van der Waals surface area contributed by atoms with Crippen LogP contribution in [0.5, 0.6) is 0 Å². The smallest absolute Gasteiger partial charge is 0.331 e. The molecule has 0 saturated heterocycles. The van der Waals surface area contributed by atoms with Crippen LogP contribution in [0, 0.1) is 13.8 Å². The Morgan fingerprint density at radius 1 is 1.44 bits per heavy atom. The van der Waals surface area contributed by atoms with Gasteiger partial charge in [-0.25, -0.2) is 4.79 Å². The fourth-order valence-electron chi connectivity index (χ4n) is 2.33. The lowest BCUT2D eigenvalue weighted by molar-refractivity contribution is -0.150. The summed E-state index contributed by atoms with van der Waals surface area (Å²) in [5, 5.41) is 9.47. The van der Waals surface area contributed by atoms with E-state index >= 15 is 0 Å². The second-order valence-corrected chi connectivity index (χ2v) is 6.23. The number of amides is 1. The molecular formula is C13H17NO3S. The molecule has 1 amide bonds. The molecule has 1 unspecified atom stereocenters. The summed E-state index contributed by atoms with van der Waals surface area (Å²) in [6.07, 6.45) is 1.82. The first kappa shape index (κ1) is 13.1. The van der Waals surface area contributed by atoms with Crippen molar-refractivity contribution < 1.29 is 14.7 Å². The Balaban J connectivity index is 2.41. The van der Waals surface area contributed by atoms with Crippen LogP contribution in [0.4, 0.5) is 0 Å². The highest BCUT2D eigenvalue weighted by molar-refractivity contribution is 7.12. The number of aliphatic carboxylic acids is 1. The van der Waals surface area contributed by atoms with Crippen LogP contribution < -0.4 is 0 Å². The van der Waals surface area contributed by atoms with Crippen LogP contribution in [0.15, 0.2) is 6.07 Å². The number of aryl methyl sites for hydroxylation is 2. The number of rotatable bonds is 4. The van der Waals surface area contributed by atoms with Crippen molar-refractivity contribution in [1.82, 2.24) is 4.90 Å². The summed E-state index contributed by atoms with van der Waals surface area (Å²) in [6.45, 7) is 5.31. The van der Waals surface area contributed by atoms with Crippen molar-refractivity contribution in [3.05, 3.63) is 21.4 Å². The summed E-state index contributed by atoms with van der Waals surface area (Å²) in [5.41, 5.74) is 0.757. The van der Waals surface area contributed by atoms with Crippen molar-refractivity contribution in [2.75, 3.05) is 0 Å². The zero-order valence-electron chi connectivity index (χ0n) is 10.8. The molecule has 1 saturated carbocycles. The van der Waals surface area contributed by atoms with Crippen LogP contribution in [-0.2, 0) is 9.59 Å². The Hall–Kier alpha value is -1.36. The van der Waals surface area contributed by atoms with Crippen LogP contribution >= 0.6 is 11.3 Å². The van der Waals surface area contributed by atoms with Gasteiger partial charge in [-0.05, 0) is 38.3 Å². The summed E-state index contributed by atoms with van der Waals surface area (Å²) < 4.78 is 0. The van der Waals surface area contributed by atoms with Crippen molar-refractivity contribution in [2.45, 2.75) is 45.7 Å². The Morgan fingerprint density at radius 3 is 2.39 bits per heavy atom. The van der Waals surface area contributed by atoms with Crippen molar-refractivity contribution in [3.8, 4) is 0 Å². The van der Waals surface area contributed by atoms with E-state index in [1.165, 1.54) is 11.8 Å². The molecular weight excluding hydrogens is 250 g/mol. The fraction of sp³-hybridized carbons (Fsp3) is 0.538. The van der Waals surface area contributed by atoms with Crippen LogP contribution in [0.25, 0.3) is 0 Å². The standard InChI is InChI=1S/C13H17NO3S/c1-7-6-11(8(2)18-7)12(13(16)17)14(9(3)15)10-4-5-10/h6,10,12H,4-5H2,1-3H3,(H,16,17). The van der Waals surface area contributed by atoms with Crippen LogP contribution in [0.2, 0.25) is 0 Å². The number of hydrogen-bond acceptors (Lipinski definition) is 3. The average Bonchev–Trinajstić information content (AvgIpc) is 3.00. The average molecular weight is 267 g/mol. The molecule has 1 atom stereocenters. The van der Waals surface area contributed by atoms with Gasteiger partial charge in [-0.15, -0.1) is 11.3 Å². The van der Waals surface area contributed by atoms with Crippen molar-refractivity contribution in [3.63, 3.8) is 0 Å². The van der Waals surface area contributed by atoms with E-state index < -0.39 is 12.0 Å². The minimum Gasteiger partial charge on any atom is -0.479 e. The molecule has 0 aromatic carbocycles. The van der Waals surface area contributed by atoms with Crippen LogP contribution in [-0.4, -0.2) is 27.9 Å². The summed E-state index contributed by atoms with van der Waals surface area (Å²) in [7, 11) is 0. The Kier molecular flexibility index (Phi) is 3.43. The maximum atomic E-state index is 11.7. The number of carbonyl (C=O) groups excluding carboxylic acids is 1. The molecule has 0 aliphatic heterocycles. The van der Waals surface area contributed by atoms with Gasteiger partial charge in [0.25, 0.3) is 0 Å². The molecule has 1 aromatic rings. The molecule has 1 fully saturated rings. The number of nitrogens with zero attached hydrogens (tertiary/aromatic N) is 1. The number of hydrogen-bond donors (Lipinski definition) is 1. The van der Waals surface area contributed by atoms with E-state index in [0.717, 1.165) is 28.2 Å². The summed E-state index contributed by atoms with van der Waals surface area (Å²) in [6, 6.07) is 1.15. The lowest BCUT2D eigenvalue weighted by Gasteiger charge is -2.28. The number of carboxylic acids is 1. The summed E-state index contributed by atoms with van der Waals surface area (Å²) in [4.78, 5) is 26.9. The van der Waals surface area contributed by atoms with E-state index in [9.17, 15) is 14.7 Å². The molecule has 5 heteroatoms. The lowest BCUT2D eigenvalue weighted by atomic mass is 10.1. The quantitative estimate of drug-likeness (QED) is 0.912. The molecule has 1 aromatic heterocycles. The first-order chi connectivity index (χ1) is 8.41. The molecule has 0 radical (unpaired) electrons. The van der Waals surface area contributed by atoms with Gasteiger partial charge in [0.15, 0.2) is 6.04 Å². The maximum Gasteiger partial charge on any atom is 0.331 e. The molecule has 0 bridgehead atoms. The second kappa shape index (κ2) is 4.72. The SMILES string of the molecule is CC(=O)N(C1CC1)C(C(=O)O)c1cc(C)sc1C. The van der Waals surface area contributed by atoms with E-state index in [1.54, 1.807) is 11.3 Å². The first-order valence-corrected chi connectivity index (χ1v) is 6.82. The third-order valence-electron chi connectivity index (χ3n) is 3.19. The van der Waals surface area contributed by atoms with Gasteiger partial charge in [-0.1, -0.05) is 0 Å². The molecule has 98 valence electrons. The van der Waals surface area contributed by atoms with Crippen LogP contribution in [0.3, 0.4) is 0 Å². The van der Waals surface area contributed by atoms with Gasteiger partial charge in [0.1, 0.15) is 0 Å². The van der Waals surface area contributed by atoms with Crippen molar-refractivity contribution in [2.24, 2.45) is 0 Å². The molecule has 0 spiro atoms. The maximum absolute atomic E-state index is 11.7. The van der Waals surface area contributed by atoms with Gasteiger partial charge in [0.05, 0.1) is 0 Å². The third-order valence-corrected chi connectivity index (χ3v) is 4.17. The molecule has 18 heavy (non-hydrogen) atoms. The van der Waals surface area contributed by atoms with Gasteiger partial charge >= 0.3 is 5.97 Å². The zero-order valence-corrected chi connectivity index (χ0v) is 11.6. The van der Waals surface area contributed by atoms with Gasteiger partial charge in [0, 0.05) is 22.7 Å². The van der Waals surface area contributed by atoms with E-state index in [4.69, 9.17) is 0 Å². The van der Waals surface area contributed by atoms with Gasteiger partial charge < -0.3 is 10.0 Å². The third kappa shape index (κ3) is 2.41. The minimum absolute atomic E-state index is 0.100. The lowest BCUT2D eigenvalue weighted by Crippen LogP contribution is -2.39. The predicted molar refractivity (Wildman–Crippen MR) is 69.7 cm³/mol. The van der Waals surface area contributed by atoms with E-state index in [1.807, 2.05) is 19.9 Å². The van der Waals surface area contributed by atoms with E-state index in [0.29, 0.717) is 0 Å². The summed E-state index contributed by atoms with van der Waals surface area (Å²) in [5.74, 6) is -1.11. The minimum atomic E-state index is -0.946. The highest BCUT2D eigenvalue weighted by Crippen LogP contribution is 2.37. The second-order valence-electron chi connectivity index (χ2n) is 4.77. The molecule has 2 rings (SSSR count). The largest absolute Gasteiger partial charge is 0.479 e. The fourth-order valence-corrected chi connectivity index (χ4v) is 3.28. The number of carboxylic acid groups (broad SMARTS) is 1. The predicted octanol–water partition coefficient (Wildman–Crippen LogP) is 2.50. The highest BCUT2D eigenvalue weighted by Gasteiger charge is 2.40. The molecule has 1 aliphatic carbocycles. The number of carbonyl (C=O) groups is 2. The molecule has 1 aliphatic rings. The normalized spacial score (nSPS) is 16.4. The summed E-state index contributed by atoms with van der Waals surface area (Å²) >= 11 is 1.57. The van der Waals surface area contributed by atoms with E-state index in [2.05, 4.69) is 0 Å².